The summed E-state index contributed by atoms with van der Waals surface area (Å²) in [5.41, 5.74) is 1.15. The molecule has 1 unspecified atom stereocenters. The molecule has 0 aliphatic carbocycles. The Morgan fingerprint density at radius 1 is 1.22 bits per heavy atom. The first-order chi connectivity index (χ1) is 13.1. The predicted octanol–water partition coefficient (Wildman–Crippen LogP) is 2.27. The zero-order valence-corrected chi connectivity index (χ0v) is 15.3. The van der Waals surface area contributed by atoms with Crippen LogP contribution < -0.4 is 19.7 Å². The van der Waals surface area contributed by atoms with E-state index in [-0.39, 0.29) is 30.1 Å². The van der Waals surface area contributed by atoms with E-state index in [1.165, 1.54) is 6.20 Å². The molecule has 1 aliphatic rings. The van der Waals surface area contributed by atoms with Crippen LogP contribution in [-0.2, 0) is 9.59 Å². The highest BCUT2D eigenvalue weighted by molar-refractivity contribution is 6.03. The lowest BCUT2D eigenvalue weighted by molar-refractivity contribution is -0.122. The van der Waals surface area contributed by atoms with Crippen LogP contribution in [-0.4, -0.2) is 41.5 Å². The van der Waals surface area contributed by atoms with Crippen molar-refractivity contribution in [3.8, 4) is 11.9 Å². The Bertz CT molecular complexity index is 813. The van der Waals surface area contributed by atoms with E-state index in [0.29, 0.717) is 25.4 Å². The van der Waals surface area contributed by atoms with Crippen LogP contribution >= 0.6 is 0 Å². The number of para-hydroxylation sites is 1. The topological polar surface area (TPSA) is 93.6 Å². The predicted molar refractivity (Wildman–Crippen MR) is 99.9 cm³/mol. The van der Waals surface area contributed by atoms with Crippen molar-refractivity contribution >= 4 is 23.2 Å². The van der Waals surface area contributed by atoms with Gasteiger partial charge in [0.05, 0.1) is 25.3 Å². The van der Waals surface area contributed by atoms with Crippen molar-refractivity contribution in [3.63, 3.8) is 0 Å². The molecule has 0 saturated carbocycles. The highest BCUT2D eigenvalue weighted by Gasteiger charge is 2.35. The number of ether oxygens (including phenoxy) is 2. The van der Waals surface area contributed by atoms with E-state index in [9.17, 15) is 9.59 Å². The standard InChI is InChI=1S/C19H22N4O4/c1-3-26-18-15(11-20-19(22-18)27-4-2)21-17(25)13-10-16(24)23(12-13)14-8-6-5-7-9-14/h5-9,11,13H,3-4,10,12H2,1-2H3,(H,21,25). The van der Waals surface area contributed by atoms with Gasteiger partial charge >= 0.3 is 6.01 Å². The minimum Gasteiger partial charge on any atom is -0.476 e. The molecular formula is C19H22N4O4. The zero-order valence-electron chi connectivity index (χ0n) is 15.3. The van der Waals surface area contributed by atoms with Gasteiger partial charge in [0.1, 0.15) is 5.69 Å². The zero-order chi connectivity index (χ0) is 19.2. The smallest absolute Gasteiger partial charge is 0.319 e. The van der Waals surface area contributed by atoms with Gasteiger partial charge in [-0.05, 0) is 26.0 Å². The maximum absolute atomic E-state index is 12.7. The van der Waals surface area contributed by atoms with E-state index < -0.39 is 5.92 Å². The second-order valence-electron chi connectivity index (χ2n) is 5.97. The maximum Gasteiger partial charge on any atom is 0.319 e. The Labute approximate surface area is 157 Å². The molecule has 1 N–H and O–H groups in total. The summed E-state index contributed by atoms with van der Waals surface area (Å²) in [5.74, 6) is -0.558. The Hall–Kier alpha value is -3.16. The van der Waals surface area contributed by atoms with Gasteiger partial charge in [-0.15, -0.1) is 0 Å². The minimum atomic E-state index is -0.459. The lowest BCUT2D eigenvalue weighted by Gasteiger charge is -2.17. The molecule has 1 aromatic heterocycles. The summed E-state index contributed by atoms with van der Waals surface area (Å²) in [7, 11) is 0. The molecule has 0 bridgehead atoms. The van der Waals surface area contributed by atoms with E-state index in [0.717, 1.165) is 5.69 Å². The SMILES string of the molecule is CCOc1ncc(NC(=O)C2CC(=O)N(c3ccccc3)C2)c(OCC)n1. The van der Waals surface area contributed by atoms with Crippen LogP contribution in [0, 0.1) is 5.92 Å². The van der Waals surface area contributed by atoms with Gasteiger partial charge in [0.25, 0.3) is 0 Å². The molecule has 27 heavy (non-hydrogen) atoms. The van der Waals surface area contributed by atoms with Gasteiger partial charge in [0, 0.05) is 18.7 Å². The van der Waals surface area contributed by atoms with Gasteiger partial charge in [-0.3, -0.25) is 9.59 Å². The number of nitrogens with zero attached hydrogens (tertiary/aromatic N) is 3. The number of aromatic nitrogens is 2. The van der Waals surface area contributed by atoms with Crippen LogP contribution in [0.5, 0.6) is 11.9 Å². The number of benzene rings is 1. The van der Waals surface area contributed by atoms with Gasteiger partial charge < -0.3 is 19.7 Å². The summed E-state index contributed by atoms with van der Waals surface area (Å²) >= 11 is 0. The summed E-state index contributed by atoms with van der Waals surface area (Å²) in [6.45, 7) is 4.79. The van der Waals surface area contributed by atoms with Gasteiger partial charge in [0.15, 0.2) is 0 Å². The summed E-state index contributed by atoms with van der Waals surface area (Å²) in [6, 6.07) is 9.50. The molecule has 0 radical (unpaired) electrons. The number of anilines is 2. The van der Waals surface area contributed by atoms with Crippen molar-refractivity contribution in [1.29, 1.82) is 0 Å². The van der Waals surface area contributed by atoms with E-state index >= 15 is 0 Å². The van der Waals surface area contributed by atoms with Crippen molar-refractivity contribution in [2.75, 3.05) is 30.0 Å². The van der Waals surface area contributed by atoms with Gasteiger partial charge in [0.2, 0.25) is 17.7 Å². The maximum atomic E-state index is 12.7. The lowest BCUT2D eigenvalue weighted by Crippen LogP contribution is -2.28. The fourth-order valence-corrected chi connectivity index (χ4v) is 2.86. The van der Waals surface area contributed by atoms with E-state index in [2.05, 4.69) is 15.3 Å². The second kappa shape index (κ2) is 8.48. The Kier molecular flexibility index (Phi) is 5.85. The fraction of sp³-hybridized carbons (Fsp3) is 0.368. The van der Waals surface area contributed by atoms with Crippen molar-refractivity contribution in [3.05, 3.63) is 36.5 Å². The Morgan fingerprint density at radius 2 is 1.96 bits per heavy atom. The van der Waals surface area contributed by atoms with Crippen molar-refractivity contribution < 1.29 is 19.1 Å². The first kappa shape index (κ1) is 18.6. The summed E-state index contributed by atoms with van der Waals surface area (Å²) in [4.78, 5) is 34.8. The molecule has 2 heterocycles. The lowest BCUT2D eigenvalue weighted by atomic mass is 10.1. The molecule has 3 rings (SSSR count). The monoisotopic (exact) mass is 370 g/mol. The van der Waals surface area contributed by atoms with Gasteiger partial charge in [-0.25, -0.2) is 4.98 Å². The number of carbonyl (C=O) groups excluding carboxylic acids is 2. The summed E-state index contributed by atoms with van der Waals surface area (Å²) < 4.78 is 10.7. The largest absolute Gasteiger partial charge is 0.476 e. The van der Waals surface area contributed by atoms with Gasteiger partial charge in [-0.1, -0.05) is 18.2 Å². The second-order valence-corrected chi connectivity index (χ2v) is 5.97. The van der Waals surface area contributed by atoms with Gasteiger partial charge in [-0.2, -0.15) is 4.98 Å². The quantitative estimate of drug-likeness (QED) is 0.804. The molecule has 1 fully saturated rings. The highest BCUT2D eigenvalue weighted by Crippen LogP contribution is 2.28. The number of hydrogen-bond acceptors (Lipinski definition) is 6. The molecule has 1 aliphatic heterocycles. The molecule has 2 aromatic rings. The van der Waals surface area contributed by atoms with Crippen LogP contribution in [0.25, 0.3) is 0 Å². The minimum absolute atomic E-state index is 0.0747. The first-order valence-corrected chi connectivity index (χ1v) is 8.91. The molecule has 1 saturated heterocycles. The van der Waals surface area contributed by atoms with Crippen molar-refractivity contribution in [2.24, 2.45) is 5.92 Å². The molecule has 142 valence electrons. The third kappa shape index (κ3) is 4.33. The summed E-state index contributed by atoms with van der Waals surface area (Å²) in [6.07, 6.45) is 1.61. The van der Waals surface area contributed by atoms with E-state index in [1.54, 1.807) is 4.90 Å². The molecule has 1 aromatic carbocycles. The van der Waals surface area contributed by atoms with Crippen LogP contribution in [0.4, 0.5) is 11.4 Å². The molecule has 8 nitrogen and oxygen atoms in total. The molecule has 8 heteroatoms. The summed E-state index contributed by atoms with van der Waals surface area (Å²) in [5, 5.41) is 2.78. The van der Waals surface area contributed by atoms with Crippen LogP contribution in [0.15, 0.2) is 36.5 Å². The fourth-order valence-electron chi connectivity index (χ4n) is 2.86. The number of nitrogens with one attached hydrogen (secondary N) is 1. The molecule has 0 spiro atoms. The average molecular weight is 370 g/mol. The number of rotatable bonds is 7. The van der Waals surface area contributed by atoms with E-state index in [1.807, 2.05) is 44.2 Å². The molecule has 2 amide bonds. The van der Waals surface area contributed by atoms with E-state index in [4.69, 9.17) is 9.47 Å². The third-order valence-corrected chi connectivity index (χ3v) is 4.11. The van der Waals surface area contributed by atoms with Crippen LogP contribution in [0.1, 0.15) is 20.3 Å². The number of amides is 2. The number of carbonyl (C=O) groups is 2. The first-order valence-electron chi connectivity index (χ1n) is 8.91. The third-order valence-electron chi connectivity index (χ3n) is 4.11. The highest BCUT2D eigenvalue weighted by atomic mass is 16.5. The Morgan fingerprint density at radius 3 is 2.67 bits per heavy atom. The van der Waals surface area contributed by atoms with Crippen LogP contribution in [0.3, 0.4) is 0 Å². The van der Waals surface area contributed by atoms with Crippen molar-refractivity contribution in [2.45, 2.75) is 20.3 Å². The molecular weight excluding hydrogens is 348 g/mol. The average Bonchev–Trinajstić information content (AvgIpc) is 3.07. The normalized spacial score (nSPS) is 16.3. The Balaban J connectivity index is 1.71. The van der Waals surface area contributed by atoms with Crippen LogP contribution in [0.2, 0.25) is 0 Å². The molecule has 1 atom stereocenters. The number of hydrogen-bond donors (Lipinski definition) is 1. The van der Waals surface area contributed by atoms with Crippen molar-refractivity contribution in [1.82, 2.24) is 9.97 Å².